The second kappa shape index (κ2) is 6.49. The largest absolute Gasteiger partial charge is 0.334 e. The van der Waals surface area contributed by atoms with Crippen LogP contribution in [0.25, 0.3) is 0 Å². The molecule has 0 aliphatic carbocycles. The monoisotopic (exact) mass is 384 g/mol. The highest BCUT2D eigenvalue weighted by molar-refractivity contribution is 7.94. The molecular weight excluding hydrogens is 364 g/mol. The molecule has 0 aromatic heterocycles. The van der Waals surface area contributed by atoms with Gasteiger partial charge in [0, 0.05) is 18.7 Å². The zero-order valence-corrected chi connectivity index (χ0v) is 15.8. The van der Waals surface area contributed by atoms with E-state index >= 15 is 0 Å². The van der Waals surface area contributed by atoms with Gasteiger partial charge >= 0.3 is 0 Å². The van der Waals surface area contributed by atoms with Gasteiger partial charge in [-0.3, -0.25) is 9.59 Å². The molecule has 6 nitrogen and oxygen atoms in total. The summed E-state index contributed by atoms with van der Waals surface area (Å²) >= 11 is 0. The van der Waals surface area contributed by atoms with Crippen LogP contribution in [0.4, 0.5) is 5.69 Å². The van der Waals surface area contributed by atoms with Gasteiger partial charge in [-0.15, -0.1) is 0 Å². The lowest BCUT2D eigenvalue weighted by Gasteiger charge is -2.29. The normalized spacial score (nSPS) is 21.2. The van der Waals surface area contributed by atoms with Crippen LogP contribution in [-0.2, 0) is 27.8 Å². The molecule has 4 rings (SSSR count). The first-order valence-corrected chi connectivity index (χ1v) is 10.5. The molecule has 1 saturated heterocycles. The Kier molecular flexibility index (Phi) is 4.26. The number of carbonyl (C=O) groups excluding carboxylic acids is 2. The summed E-state index contributed by atoms with van der Waals surface area (Å²) in [5, 5.41) is 0. The molecule has 140 valence electrons. The smallest absolute Gasteiger partial charge is 0.254 e. The number of hydrogen-bond acceptors (Lipinski definition) is 4. The van der Waals surface area contributed by atoms with Gasteiger partial charge in [-0.1, -0.05) is 37.3 Å². The average molecular weight is 384 g/mol. The minimum atomic E-state index is -3.69. The van der Waals surface area contributed by atoms with Crippen LogP contribution in [0.3, 0.4) is 0 Å². The van der Waals surface area contributed by atoms with E-state index in [0.717, 1.165) is 16.3 Å². The maximum absolute atomic E-state index is 13.0. The number of rotatable bonds is 2. The predicted octanol–water partition coefficient (Wildman–Crippen LogP) is 2.20. The van der Waals surface area contributed by atoms with Crippen molar-refractivity contribution in [3.05, 3.63) is 65.2 Å². The Morgan fingerprint density at radius 2 is 1.81 bits per heavy atom. The molecule has 0 bridgehead atoms. The molecule has 0 N–H and O–H groups in total. The van der Waals surface area contributed by atoms with Crippen molar-refractivity contribution in [1.82, 2.24) is 4.90 Å². The van der Waals surface area contributed by atoms with Crippen molar-refractivity contribution in [2.75, 3.05) is 16.6 Å². The molecule has 2 heterocycles. The highest BCUT2D eigenvalue weighted by atomic mass is 32.2. The van der Waals surface area contributed by atoms with Crippen LogP contribution in [0.15, 0.2) is 48.5 Å². The predicted molar refractivity (Wildman–Crippen MR) is 102 cm³/mol. The topological polar surface area (TPSA) is 74.8 Å². The summed E-state index contributed by atoms with van der Waals surface area (Å²) in [6, 6.07) is 14.4. The molecule has 2 amide bonds. The lowest BCUT2D eigenvalue weighted by molar-refractivity contribution is -0.119. The van der Waals surface area contributed by atoms with Gasteiger partial charge in [0.15, 0.2) is 0 Å². The first kappa shape index (κ1) is 17.7. The van der Waals surface area contributed by atoms with Gasteiger partial charge < -0.3 is 4.90 Å². The minimum absolute atomic E-state index is 0.163. The van der Waals surface area contributed by atoms with E-state index in [9.17, 15) is 18.0 Å². The molecule has 27 heavy (non-hydrogen) atoms. The molecule has 0 radical (unpaired) electrons. The molecule has 2 aromatic rings. The molecule has 1 atom stereocenters. The van der Waals surface area contributed by atoms with Crippen molar-refractivity contribution in [3.63, 3.8) is 0 Å². The molecule has 7 heteroatoms. The van der Waals surface area contributed by atoms with Crippen molar-refractivity contribution in [3.8, 4) is 0 Å². The van der Waals surface area contributed by atoms with Crippen LogP contribution >= 0.6 is 0 Å². The Balaban J connectivity index is 1.62. The lowest BCUT2D eigenvalue weighted by atomic mass is 9.99. The van der Waals surface area contributed by atoms with E-state index in [2.05, 4.69) is 6.07 Å². The summed E-state index contributed by atoms with van der Waals surface area (Å²) in [5.41, 5.74) is 2.99. The third-order valence-electron chi connectivity index (χ3n) is 5.11. The fraction of sp³-hybridized carbons (Fsp3) is 0.300. The summed E-state index contributed by atoms with van der Waals surface area (Å²) in [7, 11) is -3.69. The molecule has 0 unspecified atom stereocenters. The average Bonchev–Trinajstić information content (AvgIpc) is 2.87. The van der Waals surface area contributed by atoms with Crippen molar-refractivity contribution in [2.24, 2.45) is 5.92 Å². The fourth-order valence-electron chi connectivity index (χ4n) is 3.70. The number of fused-ring (bicyclic) bond motifs is 1. The molecule has 2 aliphatic rings. The number of carbonyl (C=O) groups is 2. The van der Waals surface area contributed by atoms with Crippen molar-refractivity contribution in [1.29, 1.82) is 0 Å². The molecule has 1 fully saturated rings. The molecular formula is C20H20N2O4S. The fourth-order valence-corrected chi connectivity index (χ4v) is 5.52. The summed E-state index contributed by atoms with van der Waals surface area (Å²) < 4.78 is 25.5. The highest BCUT2D eigenvalue weighted by Gasteiger charge is 2.42. The number of benzene rings is 2. The van der Waals surface area contributed by atoms with E-state index in [1.165, 1.54) is 11.6 Å². The van der Waals surface area contributed by atoms with E-state index in [4.69, 9.17) is 0 Å². The van der Waals surface area contributed by atoms with E-state index < -0.39 is 21.8 Å². The van der Waals surface area contributed by atoms with E-state index in [-0.39, 0.29) is 17.3 Å². The minimum Gasteiger partial charge on any atom is -0.334 e. The van der Waals surface area contributed by atoms with Crippen LogP contribution < -0.4 is 4.31 Å². The zero-order valence-electron chi connectivity index (χ0n) is 15.0. The number of nitrogens with zero attached hydrogens (tertiary/aromatic N) is 2. The Morgan fingerprint density at radius 3 is 2.52 bits per heavy atom. The standard InChI is InChI=1S/C20H20N2O4S/c1-14-13-27(25,26)22(19(14)23)18-8-4-7-16(11-18)20(24)21-10-9-15-5-2-3-6-17(15)12-21/h2-8,11,14H,9-10,12-13H2,1H3/t14-/m0/s1. The third kappa shape index (κ3) is 3.12. The first-order valence-electron chi connectivity index (χ1n) is 8.90. The van der Waals surface area contributed by atoms with E-state index in [0.29, 0.717) is 18.7 Å². The van der Waals surface area contributed by atoms with Crippen molar-refractivity contribution in [2.45, 2.75) is 19.9 Å². The maximum atomic E-state index is 13.0. The van der Waals surface area contributed by atoms with Crippen LogP contribution in [0, 0.1) is 5.92 Å². The third-order valence-corrected chi connectivity index (χ3v) is 6.97. The molecule has 2 aromatic carbocycles. The summed E-state index contributed by atoms with van der Waals surface area (Å²) in [6.45, 7) is 2.73. The second-order valence-corrected chi connectivity index (χ2v) is 8.94. The lowest BCUT2D eigenvalue weighted by Crippen LogP contribution is -2.36. The quantitative estimate of drug-likeness (QED) is 0.796. The van der Waals surface area contributed by atoms with Crippen LogP contribution in [0.2, 0.25) is 0 Å². The highest BCUT2D eigenvalue weighted by Crippen LogP contribution is 2.29. The van der Waals surface area contributed by atoms with Gasteiger partial charge in [-0.2, -0.15) is 0 Å². The molecule has 2 aliphatic heterocycles. The van der Waals surface area contributed by atoms with Gasteiger partial charge in [0.2, 0.25) is 15.9 Å². The Labute approximate surface area is 158 Å². The van der Waals surface area contributed by atoms with E-state index in [1.807, 2.05) is 18.2 Å². The Hall–Kier alpha value is -2.67. The maximum Gasteiger partial charge on any atom is 0.254 e. The van der Waals surface area contributed by atoms with Crippen LogP contribution in [0.1, 0.15) is 28.4 Å². The summed E-state index contributed by atoms with van der Waals surface area (Å²) in [5.74, 6) is -1.39. The van der Waals surface area contributed by atoms with Crippen molar-refractivity contribution < 1.29 is 18.0 Å². The van der Waals surface area contributed by atoms with E-state index in [1.54, 1.807) is 30.0 Å². The van der Waals surface area contributed by atoms with Crippen LogP contribution in [-0.4, -0.2) is 37.4 Å². The number of amides is 2. The molecule has 0 spiro atoms. The zero-order chi connectivity index (χ0) is 19.2. The summed E-state index contributed by atoms with van der Waals surface area (Å²) in [4.78, 5) is 27.0. The van der Waals surface area contributed by atoms with Gasteiger partial charge in [0.1, 0.15) is 0 Å². The number of sulfonamides is 1. The van der Waals surface area contributed by atoms with Gasteiger partial charge in [-0.25, -0.2) is 12.7 Å². The first-order chi connectivity index (χ1) is 12.9. The SMILES string of the molecule is C[C@H]1CS(=O)(=O)N(c2cccc(C(=O)N3CCc4ccccc4C3)c2)C1=O. The van der Waals surface area contributed by atoms with Crippen molar-refractivity contribution >= 4 is 27.5 Å². The summed E-state index contributed by atoms with van der Waals surface area (Å²) in [6.07, 6.45) is 0.790. The Bertz CT molecular complexity index is 1030. The number of anilines is 1. The second-order valence-electron chi connectivity index (χ2n) is 7.08. The number of hydrogen-bond donors (Lipinski definition) is 0. The Morgan fingerprint density at radius 1 is 1.07 bits per heavy atom. The van der Waals surface area contributed by atoms with Gasteiger partial charge in [0.25, 0.3) is 5.91 Å². The molecule has 0 saturated carbocycles. The van der Waals surface area contributed by atoms with Gasteiger partial charge in [0.05, 0.1) is 17.4 Å². The van der Waals surface area contributed by atoms with Gasteiger partial charge in [-0.05, 0) is 35.7 Å². The van der Waals surface area contributed by atoms with Crippen LogP contribution in [0.5, 0.6) is 0 Å².